The minimum Gasteiger partial charge on any atom is -0.370 e. The van der Waals surface area contributed by atoms with Crippen LogP contribution in [0.1, 0.15) is 26.7 Å². The van der Waals surface area contributed by atoms with Gasteiger partial charge in [-0.25, -0.2) is 4.39 Å². The number of hydrogen-bond donors (Lipinski definition) is 1. The molecule has 0 radical (unpaired) electrons. The zero-order valence-electron chi connectivity index (χ0n) is 11.0. The number of benzene rings is 1. The van der Waals surface area contributed by atoms with E-state index in [0.29, 0.717) is 4.47 Å². The molecular weight excluding hydrogens is 295 g/mol. The van der Waals surface area contributed by atoms with Crippen molar-refractivity contribution < 1.29 is 4.39 Å². The lowest BCUT2D eigenvalue weighted by Crippen LogP contribution is -2.48. The highest BCUT2D eigenvalue weighted by Crippen LogP contribution is 2.26. The molecule has 1 heterocycles. The summed E-state index contributed by atoms with van der Waals surface area (Å²) < 4.78 is 13.8. The van der Waals surface area contributed by atoms with Crippen LogP contribution in [0.5, 0.6) is 0 Å². The first-order valence-electron chi connectivity index (χ1n) is 6.49. The molecular formula is C14H20BrFN2. The van der Waals surface area contributed by atoms with Gasteiger partial charge in [0.2, 0.25) is 0 Å². The van der Waals surface area contributed by atoms with E-state index in [-0.39, 0.29) is 11.4 Å². The molecule has 100 valence electrons. The van der Waals surface area contributed by atoms with Crippen molar-refractivity contribution in [2.24, 2.45) is 0 Å². The fourth-order valence-corrected chi connectivity index (χ4v) is 2.72. The third-order valence-electron chi connectivity index (χ3n) is 3.75. The Morgan fingerprint density at radius 1 is 1.50 bits per heavy atom. The summed E-state index contributed by atoms with van der Waals surface area (Å²) in [6.45, 7) is 7.48. The van der Waals surface area contributed by atoms with Gasteiger partial charge in [0, 0.05) is 24.3 Å². The summed E-state index contributed by atoms with van der Waals surface area (Å²) in [5.74, 6) is -0.204. The molecule has 1 unspecified atom stereocenters. The van der Waals surface area contributed by atoms with E-state index >= 15 is 0 Å². The molecule has 1 atom stereocenters. The summed E-state index contributed by atoms with van der Waals surface area (Å²) in [6, 6.07) is 5.26. The van der Waals surface area contributed by atoms with Crippen LogP contribution >= 0.6 is 15.9 Å². The largest absolute Gasteiger partial charge is 0.370 e. The smallest absolute Gasteiger partial charge is 0.137 e. The van der Waals surface area contributed by atoms with Crippen molar-refractivity contribution in [3.05, 3.63) is 28.5 Å². The first-order valence-corrected chi connectivity index (χ1v) is 7.28. The Labute approximate surface area is 117 Å². The van der Waals surface area contributed by atoms with Gasteiger partial charge in [0.15, 0.2) is 0 Å². The Balaban J connectivity index is 2.22. The molecule has 18 heavy (non-hydrogen) atoms. The van der Waals surface area contributed by atoms with E-state index < -0.39 is 0 Å². The lowest BCUT2D eigenvalue weighted by atomic mass is 9.98. The van der Waals surface area contributed by atoms with Gasteiger partial charge >= 0.3 is 0 Å². The summed E-state index contributed by atoms with van der Waals surface area (Å²) in [5.41, 5.74) is 1.23. The Bertz CT molecular complexity index is 424. The summed E-state index contributed by atoms with van der Waals surface area (Å²) in [7, 11) is 0. The van der Waals surface area contributed by atoms with E-state index in [0.717, 1.165) is 38.2 Å². The Morgan fingerprint density at radius 2 is 2.28 bits per heavy atom. The fourth-order valence-electron chi connectivity index (χ4n) is 2.36. The number of anilines is 1. The van der Waals surface area contributed by atoms with Crippen molar-refractivity contribution in [1.29, 1.82) is 0 Å². The summed E-state index contributed by atoms with van der Waals surface area (Å²) in [4.78, 5) is 2.34. The average molecular weight is 315 g/mol. The number of halogens is 2. The zero-order valence-corrected chi connectivity index (χ0v) is 12.6. The summed E-state index contributed by atoms with van der Waals surface area (Å²) in [6.07, 6.45) is 2.20. The monoisotopic (exact) mass is 314 g/mol. The molecule has 4 heteroatoms. The highest BCUT2D eigenvalue weighted by Gasteiger charge is 2.27. The molecule has 0 bridgehead atoms. The van der Waals surface area contributed by atoms with Gasteiger partial charge in [0.05, 0.1) is 4.47 Å². The van der Waals surface area contributed by atoms with Crippen molar-refractivity contribution in [3.63, 3.8) is 0 Å². The van der Waals surface area contributed by atoms with E-state index in [1.54, 1.807) is 0 Å². The Morgan fingerprint density at radius 3 is 2.94 bits per heavy atom. The normalized spacial score (nSPS) is 25.0. The van der Waals surface area contributed by atoms with Crippen LogP contribution in [0.3, 0.4) is 0 Å². The molecule has 1 aromatic rings. The molecule has 2 nitrogen and oxygen atoms in total. The van der Waals surface area contributed by atoms with Crippen LogP contribution in [0.15, 0.2) is 22.7 Å². The van der Waals surface area contributed by atoms with Crippen molar-refractivity contribution in [2.45, 2.75) is 32.2 Å². The van der Waals surface area contributed by atoms with Gasteiger partial charge < -0.3 is 10.2 Å². The fraction of sp³-hybridized carbons (Fsp3) is 0.571. The lowest BCUT2D eigenvalue weighted by molar-refractivity contribution is 0.366. The average Bonchev–Trinajstić information content (AvgIpc) is 2.56. The summed E-state index contributed by atoms with van der Waals surface area (Å²) >= 11 is 3.26. The highest BCUT2D eigenvalue weighted by atomic mass is 79.9. The first-order chi connectivity index (χ1) is 8.54. The second kappa shape index (κ2) is 5.57. The van der Waals surface area contributed by atoms with E-state index in [1.165, 1.54) is 6.07 Å². The molecule has 1 saturated heterocycles. The maximum atomic E-state index is 13.3. The highest BCUT2D eigenvalue weighted by molar-refractivity contribution is 9.10. The van der Waals surface area contributed by atoms with Crippen LogP contribution in [-0.2, 0) is 0 Å². The quantitative estimate of drug-likeness (QED) is 0.898. The number of hydrogen-bond acceptors (Lipinski definition) is 2. The number of nitrogens with one attached hydrogen (secondary N) is 1. The van der Waals surface area contributed by atoms with Crippen molar-refractivity contribution in [1.82, 2.24) is 5.32 Å². The molecule has 0 aromatic heterocycles. The van der Waals surface area contributed by atoms with Crippen LogP contribution in [0.2, 0.25) is 0 Å². The predicted octanol–water partition coefficient (Wildman–Crippen LogP) is 3.56. The van der Waals surface area contributed by atoms with E-state index in [9.17, 15) is 4.39 Å². The van der Waals surface area contributed by atoms with Crippen molar-refractivity contribution in [2.75, 3.05) is 24.5 Å². The summed E-state index contributed by atoms with van der Waals surface area (Å²) in [5, 5.41) is 3.61. The molecule has 1 aliphatic heterocycles. The molecule has 1 aromatic carbocycles. The standard InChI is InChI=1S/C14H20BrFN2/c1-3-14(2)10-18(8-4-7-17-14)11-5-6-13(16)12(15)9-11/h5-6,9,17H,3-4,7-8,10H2,1-2H3. The second-order valence-corrected chi connectivity index (χ2v) is 6.07. The van der Waals surface area contributed by atoms with Gasteiger partial charge in [0.1, 0.15) is 5.82 Å². The van der Waals surface area contributed by atoms with E-state index in [1.807, 2.05) is 12.1 Å². The van der Waals surface area contributed by atoms with Gasteiger partial charge in [-0.15, -0.1) is 0 Å². The molecule has 2 rings (SSSR count). The third kappa shape index (κ3) is 3.04. The van der Waals surface area contributed by atoms with Crippen LogP contribution in [0, 0.1) is 5.82 Å². The Hall–Kier alpha value is -0.610. The maximum absolute atomic E-state index is 13.3. The maximum Gasteiger partial charge on any atom is 0.137 e. The molecule has 0 aliphatic carbocycles. The minimum absolute atomic E-state index is 0.136. The predicted molar refractivity (Wildman–Crippen MR) is 77.6 cm³/mol. The SMILES string of the molecule is CCC1(C)CN(c2ccc(F)c(Br)c2)CCCN1. The molecule has 1 aliphatic rings. The Kier molecular flexibility index (Phi) is 4.28. The number of rotatable bonds is 2. The first kappa shape index (κ1) is 13.8. The van der Waals surface area contributed by atoms with Crippen molar-refractivity contribution >= 4 is 21.6 Å². The third-order valence-corrected chi connectivity index (χ3v) is 4.35. The number of nitrogens with zero attached hydrogens (tertiary/aromatic N) is 1. The van der Waals surface area contributed by atoms with Gasteiger partial charge in [-0.2, -0.15) is 0 Å². The molecule has 1 fully saturated rings. The topological polar surface area (TPSA) is 15.3 Å². The van der Waals surface area contributed by atoms with Crippen LogP contribution in [-0.4, -0.2) is 25.2 Å². The zero-order chi connectivity index (χ0) is 13.2. The van der Waals surface area contributed by atoms with E-state index in [4.69, 9.17) is 0 Å². The van der Waals surface area contributed by atoms with Gasteiger partial charge in [0.25, 0.3) is 0 Å². The van der Waals surface area contributed by atoms with Crippen LogP contribution in [0.25, 0.3) is 0 Å². The molecule has 0 spiro atoms. The molecule has 1 N–H and O–H groups in total. The van der Waals surface area contributed by atoms with Gasteiger partial charge in [-0.3, -0.25) is 0 Å². The molecule has 0 amide bonds. The van der Waals surface area contributed by atoms with Crippen LogP contribution in [0.4, 0.5) is 10.1 Å². The van der Waals surface area contributed by atoms with Crippen molar-refractivity contribution in [3.8, 4) is 0 Å². The van der Waals surface area contributed by atoms with Crippen LogP contribution < -0.4 is 10.2 Å². The van der Waals surface area contributed by atoms with E-state index in [2.05, 4.69) is 40.0 Å². The molecule has 0 saturated carbocycles. The van der Waals surface area contributed by atoms with Gasteiger partial charge in [-0.1, -0.05) is 6.92 Å². The lowest BCUT2D eigenvalue weighted by Gasteiger charge is -2.34. The second-order valence-electron chi connectivity index (χ2n) is 5.21. The minimum atomic E-state index is -0.204. The van der Waals surface area contributed by atoms with Gasteiger partial charge in [-0.05, 0) is 60.4 Å².